The summed E-state index contributed by atoms with van der Waals surface area (Å²) < 4.78 is 9.86. The van der Waals surface area contributed by atoms with Gasteiger partial charge in [0.15, 0.2) is 0 Å². The number of carboxylic acids is 2. The first kappa shape index (κ1) is 11.0. The topological polar surface area (TPSA) is 91.7 Å². The van der Waals surface area contributed by atoms with Crippen LogP contribution in [0.1, 0.15) is 12.8 Å². The molecule has 12 heavy (non-hydrogen) atoms. The number of hydrogen-bond acceptors (Lipinski definition) is 3. The Morgan fingerprint density at radius 3 is 2.33 bits per heavy atom. The number of carbonyl (C=O) groups is 2. The van der Waals surface area contributed by atoms with Crippen LogP contribution in [0.25, 0.3) is 0 Å². The molecular weight excluding hydrogens is 183 g/mol. The van der Waals surface area contributed by atoms with E-state index in [1.807, 2.05) is 0 Å². The van der Waals surface area contributed by atoms with Gasteiger partial charge in [-0.1, -0.05) is 0 Å². The number of rotatable bonds is 4. The maximum absolute atomic E-state index is 10.3. The summed E-state index contributed by atoms with van der Waals surface area (Å²) in [6.07, 6.45) is -0.593. The third-order valence-electron chi connectivity index (χ3n) is 1.17. The van der Waals surface area contributed by atoms with Crippen molar-refractivity contribution in [2.45, 2.75) is 12.8 Å². The van der Waals surface area contributed by atoms with E-state index in [-0.39, 0.29) is 6.42 Å². The second kappa shape index (κ2) is 5.58. The van der Waals surface area contributed by atoms with Crippen molar-refractivity contribution < 1.29 is 24.4 Å². The van der Waals surface area contributed by atoms with Gasteiger partial charge in [-0.3, -0.25) is 0 Å². The van der Waals surface area contributed by atoms with Gasteiger partial charge >= 0.3 is 68.6 Å². The molecule has 0 radical (unpaired) electrons. The van der Waals surface area contributed by atoms with Gasteiger partial charge in [-0.05, 0) is 0 Å². The SMILES string of the molecule is O=P#CCC(CC(=O)O)C(=O)O. The molecule has 6 heteroatoms. The second-order valence-electron chi connectivity index (χ2n) is 2.09. The normalized spacial score (nSPS) is 11.3. The van der Waals surface area contributed by atoms with Crippen LogP contribution in [0.2, 0.25) is 0 Å². The van der Waals surface area contributed by atoms with Crippen molar-refractivity contribution in [1.82, 2.24) is 0 Å². The average Bonchev–Trinajstić information content (AvgIpc) is 1.96. The third-order valence-corrected chi connectivity index (χ3v) is 1.48. The van der Waals surface area contributed by atoms with E-state index in [9.17, 15) is 14.2 Å². The standard InChI is InChI=1S/C6H7O5P/c7-5(8)3-4(6(9)10)1-2-12-11/h4H,1,3H2,(H,7,8)(H,9,10). The van der Waals surface area contributed by atoms with Crippen molar-refractivity contribution in [1.29, 1.82) is 0 Å². The van der Waals surface area contributed by atoms with E-state index >= 15 is 0 Å². The van der Waals surface area contributed by atoms with Gasteiger partial charge in [0.25, 0.3) is 0 Å². The zero-order valence-electron chi connectivity index (χ0n) is 6.06. The molecule has 0 aromatic rings. The summed E-state index contributed by atoms with van der Waals surface area (Å²) in [5.74, 6) is -3.44. The van der Waals surface area contributed by atoms with Crippen LogP contribution in [0.5, 0.6) is 0 Å². The van der Waals surface area contributed by atoms with Crippen LogP contribution in [0, 0.1) is 11.5 Å². The zero-order chi connectivity index (χ0) is 9.56. The molecule has 0 saturated carbocycles. The summed E-state index contributed by atoms with van der Waals surface area (Å²) >= 11 is 0. The maximum atomic E-state index is 10.3. The molecule has 66 valence electrons. The van der Waals surface area contributed by atoms with E-state index in [0.717, 1.165) is 0 Å². The van der Waals surface area contributed by atoms with Gasteiger partial charge in [0, 0.05) is 0 Å². The quantitative estimate of drug-likeness (QED) is 0.639. The fraction of sp³-hybridized carbons (Fsp3) is 0.500. The van der Waals surface area contributed by atoms with Gasteiger partial charge < -0.3 is 0 Å². The molecule has 0 aliphatic heterocycles. The van der Waals surface area contributed by atoms with Gasteiger partial charge in [0.05, 0.1) is 0 Å². The predicted octanol–water partition coefficient (Wildman–Crippen LogP) is 0.803. The molecule has 1 unspecified atom stereocenters. The van der Waals surface area contributed by atoms with Gasteiger partial charge in [0.2, 0.25) is 0 Å². The van der Waals surface area contributed by atoms with Gasteiger partial charge in [-0.25, -0.2) is 0 Å². The molecule has 2 N–H and O–H groups in total. The molecule has 0 bridgehead atoms. The summed E-state index contributed by atoms with van der Waals surface area (Å²) in [7, 11) is -0.399. The van der Waals surface area contributed by atoms with E-state index in [1.165, 1.54) is 0 Å². The summed E-state index contributed by atoms with van der Waals surface area (Å²) in [4.78, 5) is 20.4. The van der Waals surface area contributed by atoms with Crippen LogP contribution in [0.3, 0.4) is 0 Å². The fourth-order valence-electron chi connectivity index (χ4n) is 0.605. The van der Waals surface area contributed by atoms with Crippen molar-refractivity contribution in [3.8, 4) is 5.63 Å². The molecule has 0 fully saturated rings. The molecule has 0 aliphatic carbocycles. The van der Waals surface area contributed by atoms with Crippen LogP contribution in [-0.2, 0) is 14.2 Å². The molecule has 0 saturated heterocycles. The summed E-state index contributed by atoms with van der Waals surface area (Å²) in [5, 5.41) is 16.7. The molecule has 0 heterocycles. The Morgan fingerprint density at radius 1 is 1.42 bits per heavy atom. The molecule has 0 aromatic heterocycles. The molecule has 1 atom stereocenters. The van der Waals surface area contributed by atoms with E-state index in [1.54, 1.807) is 0 Å². The Balaban J connectivity index is 4.19. The Hall–Kier alpha value is -1.05. The van der Waals surface area contributed by atoms with Crippen LogP contribution in [0.15, 0.2) is 0 Å². The minimum atomic E-state index is -1.21. The van der Waals surface area contributed by atoms with Crippen LogP contribution >= 0.6 is 7.92 Å². The first-order valence-corrected chi connectivity index (χ1v) is 3.89. The number of hydrogen-bond donors (Lipinski definition) is 2. The van der Waals surface area contributed by atoms with Crippen molar-refractivity contribution >= 4 is 19.9 Å². The van der Waals surface area contributed by atoms with Crippen molar-refractivity contribution in [3.05, 3.63) is 0 Å². The molecular formula is C6H7O5P. The van der Waals surface area contributed by atoms with Gasteiger partial charge in [-0.15, -0.1) is 0 Å². The van der Waals surface area contributed by atoms with Crippen molar-refractivity contribution in [2.24, 2.45) is 5.92 Å². The Bertz CT molecular complexity index is 277. The monoisotopic (exact) mass is 190 g/mol. The Morgan fingerprint density at radius 2 is 2.00 bits per heavy atom. The molecule has 0 aliphatic rings. The predicted molar refractivity (Wildman–Crippen MR) is 39.5 cm³/mol. The third kappa shape index (κ3) is 4.72. The number of aliphatic carboxylic acids is 2. The summed E-state index contributed by atoms with van der Waals surface area (Å²) in [5.41, 5.74) is 2.21. The van der Waals surface area contributed by atoms with Gasteiger partial charge in [0.1, 0.15) is 0 Å². The summed E-state index contributed by atoms with van der Waals surface area (Å²) in [6, 6.07) is 0. The fourth-order valence-corrected chi connectivity index (χ4v) is 0.900. The molecule has 5 nitrogen and oxygen atoms in total. The molecule has 0 rings (SSSR count). The Labute approximate surface area is 69.5 Å². The summed E-state index contributed by atoms with van der Waals surface area (Å²) in [6.45, 7) is 0. The van der Waals surface area contributed by atoms with Crippen molar-refractivity contribution in [3.63, 3.8) is 0 Å². The first-order chi connectivity index (χ1) is 5.57. The minimum absolute atomic E-state index is 0.118. The molecule has 0 aromatic carbocycles. The van der Waals surface area contributed by atoms with E-state index in [0.29, 0.717) is 0 Å². The average molecular weight is 190 g/mol. The molecule has 0 amide bonds. The van der Waals surface area contributed by atoms with E-state index < -0.39 is 32.2 Å². The van der Waals surface area contributed by atoms with Crippen LogP contribution in [-0.4, -0.2) is 22.2 Å². The van der Waals surface area contributed by atoms with Crippen LogP contribution in [0.4, 0.5) is 0 Å². The van der Waals surface area contributed by atoms with Gasteiger partial charge in [-0.2, -0.15) is 0 Å². The van der Waals surface area contributed by atoms with E-state index in [4.69, 9.17) is 10.2 Å². The van der Waals surface area contributed by atoms with Crippen LogP contribution < -0.4 is 0 Å². The Kier molecular flexibility index (Phi) is 5.09. The molecule has 0 spiro atoms. The van der Waals surface area contributed by atoms with Crippen molar-refractivity contribution in [2.75, 3.05) is 0 Å². The second-order valence-corrected chi connectivity index (χ2v) is 2.59. The van der Waals surface area contributed by atoms with E-state index in [2.05, 4.69) is 5.63 Å². The zero-order valence-corrected chi connectivity index (χ0v) is 6.95. The number of carboxylic acid groups (broad SMARTS) is 2. The first-order valence-electron chi connectivity index (χ1n) is 3.07.